The van der Waals surface area contributed by atoms with Crippen molar-refractivity contribution in [2.45, 2.75) is 12.5 Å². The maximum Gasteiger partial charge on any atom is 0.251 e. The number of benzene rings is 2. The van der Waals surface area contributed by atoms with Gasteiger partial charge in [0.1, 0.15) is 5.52 Å². The molecule has 0 radical (unpaired) electrons. The van der Waals surface area contributed by atoms with Crippen LogP contribution in [0, 0.1) is 0 Å². The molecule has 1 saturated heterocycles. The first kappa shape index (κ1) is 16.4. The van der Waals surface area contributed by atoms with Crippen molar-refractivity contribution in [1.29, 1.82) is 0 Å². The lowest BCUT2D eigenvalue weighted by atomic mass is 10.1. The van der Waals surface area contributed by atoms with Gasteiger partial charge in [-0.3, -0.25) is 4.79 Å². The zero-order valence-corrected chi connectivity index (χ0v) is 14.6. The van der Waals surface area contributed by atoms with Crippen molar-refractivity contribution in [3.8, 4) is 11.5 Å². The fraction of sp³-hybridized carbons (Fsp3) is 0.222. The minimum Gasteiger partial charge on any atom is -0.436 e. The fourth-order valence-electron chi connectivity index (χ4n) is 2.78. The van der Waals surface area contributed by atoms with Gasteiger partial charge in [-0.25, -0.2) is 4.98 Å². The molecule has 7 heteroatoms. The molecule has 2 heterocycles. The van der Waals surface area contributed by atoms with E-state index in [1.807, 2.05) is 0 Å². The number of nitrogens with zero attached hydrogens (tertiary/aromatic N) is 1. The summed E-state index contributed by atoms with van der Waals surface area (Å²) < 4.78 is 11.1. The maximum atomic E-state index is 12.3. The fourth-order valence-corrected chi connectivity index (χ4v) is 3.31. The number of amides is 1. The highest BCUT2D eigenvalue weighted by atomic mass is 35.5. The smallest absolute Gasteiger partial charge is 0.251 e. The van der Waals surface area contributed by atoms with Crippen molar-refractivity contribution in [1.82, 2.24) is 10.3 Å². The number of fused-ring (bicyclic) bond motifs is 1. The van der Waals surface area contributed by atoms with Gasteiger partial charge < -0.3 is 14.5 Å². The van der Waals surface area contributed by atoms with Crippen LogP contribution in [-0.4, -0.2) is 30.1 Å². The van der Waals surface area contributed by atoms with Crippen LogP contribution < -0.4 is 5.32 Å². The Kier molecular flexibility index (Phi) is 4.37. The SMILES string of the molecule is O=C(NC1CCOC1)c1ccc2nc(-c3cc(Cl)cc(Cl)c3)oc2c1. The number of ether oxygens (including phenoxy) is 1. The molecule has 25 heavy (non-hydrogen) atoms. The van der Waals surface area contributed by atoms with Gasteiger partial charge in [0, 0.05) is 27.8 Å². The van der Waals surface area contributed by atoms with E-state index in [-0.39, 0.29) is 11.9 Å². The van der Waals surface area contributed by atoms with Crippen molar-refractivity contribution >= 4 is 40.2 Å². The van der Waals surface area contributed by atoms with Gasteiger partial charge in [-0.2, -0.15) is 0 Å². The molecular weight excluding hydrogens is 363 g/mol. The van der Waals surface area contributed by atoms with E-state index in [4.69, 9.17) is 32.4 Å². The highest BCUT2D eigenvalue weighted by Crippen LogP contribution is 2.29. The van der Waals surface area contributed by atoms with E-state index < -0.39 is 0 Å². The molecule has 1 amide bonds. The number of hydrogen-bond acceptors (Lipinski definition) is 4. The van der Waals surface area contributed by atoms with E-state index in [1.54, 1.807) is 36.4 Å². The molecule has 0 spiro atoms. The monoisotopic (exact) mass is 376 g/mol. The van der Waals surface area contributed by atoms with E-state index in [2.05, 4.69) is 10.3 Å². The Labute approximate surface area is 153 Å². The molecule has 0 saturated carbocycles. The van der Waals surface area contributed by atoms with Crippen LogP contribution in [0.2, 0.25) is 10.0 Å². The number of carbonyl (C=O) groups excluding carboxylic acids is 1. The summed E-state index contributed by atoms with van der Waals surface area (Å²) in [6.45, 7) is 1.23. The van der Waals surface area contributed by atoms with E-state index in [9.17, 15) is 4.79 Å². The van der Waals surface area contributed by atoms with Crippen LogP contribution in [0.3, 0.4) is 0 Å². The van der Waals surface area contributed by atoms with Gasteiger partial charge in [-0.05, 0) is 42.8 Å². The van der Waals surface area contributed by atoms with Crippen LogP contribution in [0.15, 0.2) is 40.8 Å². The minimum absolute atomic E-state index is 0.0575. The summed E-state index contributed by atoms with van der Waals surface area (Å²) in [4.78, 5) is 16.8. The molecule has 1 aromatic heterocycles. The van der Waals surface area contributed by atoms with E-state index >= 15 is 0 Å². The third kappa shape index (κ3) is 3.49. The van der Waals surface area contributed by atoms with Gasteiger partial charge in [-0.1, -0.05) is 23.2 Å². The second kappa shape index (κ2) is 6.67. The molecule has 0 aliphatic carbocycles. The predicted molar refractivity (Wildman–Crippen MR) is 96.2 cm³/mol. The number of halogens is 2. The molecule has 3 aromatic rings. The Morgan fingerprint density at radius 2 is 1.96 bits per heavy atom. The molecule has 1 unspecified atom stereocenters. The van der Waals surface area contributed by atoms with E-state index in [0.29, 0.717) is 51.4 Å². The Morgan fingerprint density at radius 1 is 1.16 bits per heavy atom. The molecule has 2 aromatic carbocycles. The Morgan fingerprint density at radius 3 is 2.68 bits per heavy atom. The third-order valence-corrected chi connectivity index (χ3v) is 4.46. The zero-order valence-electron chi connectivity index (χ0n) is 13.1. The molecule has 1 N–H and O–H groups in total. The number of nitrogens with one attached hydrogen (secondary N) is 1. The standard InChI is InChI=1S/C18H14Cl2N2O3/c19-12-5-11(6-13(20)8-12)18-22-15-2-1-10(7-16(15)25-18)17(23)21-14-3-4-24-9-14/h1-2,5-8,14H,3-4,9H2,(H,21,23). The van der Waals surface area contributed by atoms with Crippen molar-refractivity contribution in [3.63, 3.8) is 0 Å². The van der Waals surface area contributed by atoms with E-state index in [0.717, 1.165) is 6.42 Å². The number of rotatable bonds is 3. The lowest BCUT2D eigenvalue weighted by molar-refractivity contribution is 0.0930. The first-order valence-corrected chi connectivity index (χ1v) is 8.60. The van der Waals surface area contributed by atoms with Crippen LogP contribution in [0.5, 0.6) is 0 Å². The average Bonchev–Trinajstić information content (AvgIpc) is 3.22. The summed E-state index contributed by atoms with van der Waals surface area (Å²) in [5.41, 5.74) is 2.39. The zero-order chi connectivity index (χ0) is 17.4. The van der Waals surface area contributed by atoms with Crippen molar-refractivity contribution in [2.24, 2.45) is 0 Å². The molecule has 1 atom stereocenters. The van der Waals surface area contributed by atoms with Crippen LogP contribution >= 0.6 is 23.2 Å². The largest absolute Gasteiger partial charge is 0.436 e. The summed E-state index contributed by atoms with van der Waals surface area (Å²) in [6, 6.07) is 10.3. The Balaban J connectivity index is 1.63. The Bertz CT molecular complexity index is 928. The molecule has 1 aliphatic rings. The van der Waals surface area contributed by atoms with E-state index in [1.165, 1.54) is 0 Å². The number of aromatic nitrogens is 1. The second-order valence-electron chi connectivity index (χ2n) is 5.89. The van der Waals surface area contributed by atoms with Crippen LogP contribution in [0.1, 0.15) is 16.8 Å². The summed E-state index contributed by atoms with van der Waals surface area (Å²) in [5.74, 6) is 0.252. The van der Waals surface area contributed by atoms with Gasteiger partial charge in [-0.15, -0.1) is 0 Å². The maximum absolute atomic E-state index is 12.3. The quantitative estimate of drug-likeness (QED) is 0.738. The number of hydrogen-bond donors (Lipinski definition) is 1. The topological polar surface area (TPSA) is 64.4 Å². The number of carbonyl (C=O) groups is 1. The molecule has 1 fully saturated rings. The lowest BCUT2D eigenvalue weighted by Crippen LogP contribution is -2.34. The van der Waals surface area contributed by atoms with Crippen molar-refractivity contribution < 1.29 is 13.9 Å². The van der Waals surface area contributed by atoms with Crippen LogP contribution in [0.4, 0.5) is 0 Å². The second-order valence-corrected chi connectivity index (χ2v) is 6.77. The minimum atomic E-state index is -0.152. The van der Waals surface area contributed by atoms with Gasteiger partial charge in [0.15, 0.2) is 5.58 Å². The molecule has 128 valence electrons. The molecular formula is C18H14Cl2N2O3. The van der Waals surface area contributed by atoms with Gasteiger partial charge in [0.05, 0.1) is 12.6 Å². The van der Waals surface area contributed by atoms with Gasteiger partial charge in [0.2, 0.25) is 5.89 Å². The summed E-state index contributed by atoms with van der Waals surface area (Å²) in [6.07, 6.45) is 0.829. The predicted octanol–water partition coefficient (Wildman–Crippen LogP) is 4.32. The summed E-state index contributed by atoms with van der Waals surface area (Å²) in [7, 11) is 0. The summed E-state index contributed by atoms with van der Waals surface area (Å²) in [5, 5.41) is 3.96. The third-order valence-electron chi connectivity index (χ3n) is 4.03. The van der Waals surface area contributed by atoms with Gasteiger partial charge in [0.25, 0.3) is 5.91 Å². The van der Waals surface area contributed by atoms with Gasteiger partial charge >= 0.3 is 0 Å². The van der Waals surface area contributed by atoms with Crippen molar-refractivity contribution in [3.05, 3.63) is 52.0 Å². The Hall–Kier alpha value is -2.08. The highest BCUT2D eigenvalue weighted by molar-refractivity contribution is 6.35. The molecule has 1 aliphatic heterocycles. The first-order valence-electron chi connectivity index (χ1n) is 7.84. The van der Waals surface area contributed by atoms with Crippen LogP contribution in [-0.2, 0) is 4.74 Å². The van der Waals surface area contributed by atoms with Crippen LogP contribution in [0.25, 0.3) is 22.6 Å². The molecule has 4 rings (SSSR count). The highest BCUT2D eigenvalue weighted by Gasteiger charge is 2.19. The first-order chi connectivity index (χ1) is 12.1. The molecule has 0 bridgehead atoms. The number of oxazole rings is 1. The summed E-state index contributed by atoms with van der Waals surface area (Å²) >= 11 is 12.1. The normalized spacial score (nSPS) is 17.1. The average molecular weight is 377 g/mol. The molecule has 5 nitrogen and oxygen atoms in total. The van der Waals surface area contributed by atoms with Crippen molar-refractivity contribution in [2.75, 3.05) is 13.2 Å². The lowest BCUT2D eigenvalue weighted by Gasteiger charge is -2.10.